The quantitative estimate of drug-likeness (QED) is 0.916. The highest BCUT2D eigenvalue weighted by Gasteiger charge is 2.09. The number of hydrogen-bond donors (Lipinski definition) is 1. The number of halogens is 2. The average Bonchev–Trinajstić information content (AvgIpc) is 2.46. The third-order valence-corrected chi connectivity index (χ3v) is 3.09. The molecule has 0 aliphatic heterocycles. The molecule has 0 bridgehead atoms. The molecule has 0 spiro atoms. The number of rotatable bonds is 5. The van der Waals surface area contributed by atoms with E-state index < -0.39 is 11.6 Å². The summed E-state index contributed by atoms with van der Waals surface area (Å²) in [4.78, 5) is 0. The molecule has 0 aliphatic carbocycles. The van der Waals surface area contributed by atoms with Crippen LogP contribution in [0.3, 0.4) is 0 Å². The van der Waals surface area contributed by atoms with Crippen molar-refractivity contribution in [3.8, 4) is 11.5 Å². The molecule has 0 fully saturated rings. The molecule has 21 heavy (non-hydrogen) atoms. The molecule has 2 aromatic rings. The Hall–Kier alpha value is -2.14. The maximum atomic E-state index is 13.8. The van der Waals surface area contributed by atoms with Gasteiger partial charge in [-0.05, 0) is 42.3 Å². The summed E-state index contributed by atoms with van der Waals surface area (Å²) in [5, 5.41) is 0. The highest BCUT2D eigenvalue weighted by atomic mass is 19.1. The van der Waals surface area contributed by atoms with Gasteiger partial charge in [0.25, 0.3) is 0 Å². The number of hydrogen-bond acceptors (Lipinski definition) is 3. The van der Waals surface area contributed by atoms with Crippen molar-refractivity contribution in [1.29, 1.82) is 0 Å². The topological polar surface area (TPSA) is 44.5 Å². The molecule has 0 heterocycles. The molecule has 112 valence electrons. The van der Waals surface area contributed by atoms with E-state index in [0.717, 1.165) is 0 Å². The van der Waals surface area contributed by atoms with E-state index in [2.05, 4.69) is 0 Å². The molecule has 0 saturated heterocycles. The Morgan fingerprint density at radius 3 is 2.29 bits per heavy atom. The Labute approximate surface area is 122 Å². The lowest BCUT2D eigenvalue weighted by atomic mass is 10.1. The first kappa shape index (κ1) is 15.3. The van der Waals surface area contributed by atoms with Gasteiger partial charge in [-0.25, -0.2) is 8.78 Å². The Kier molecular flexibility index (Phi) is 4.75. The summed E-state index contributed by atoms with van der Waals surface area (Å²) < 4.78 is 37.6. The molecule has 2 N–H and O–H groups in total. The van der Waals surface area contributed by atoms with Crippen LogP contribution < -0.4 is 15.2 Å². The van der Waals surface area contributed by atoms with Gasteiger partial charge in [-0.2, -0.15) is 0 Å². The summed E-state index contributed by atoms with van der Waals surface area (Å²) in [6, 6.07) is 8.79. The van der Waals surface area contributed by atoms with Gasteiger partial charge in [0.05, 0.1) is 7.11 Å². The van der Waals surface area contributed by atoms with Gasteiger partial charge in [-0.3, -0.25) is 0 Å². The van der Waals surface area contributed by atoms with Crippen LogP contribution in [0.25, 0.3) is 0 Å². The van der Waals surface area contributed by atoms with E-state index >= 15 is 0 Å². The van der Waals surface area contributed by atoms with Crippen LogP contribution in [0.1, 0.15) is 24.1 Å². The minimum absolute atomic E-state index is 0.0648. The third-order valence-electron chi connectivity index (χ3n) is 3.09. The van der Waals surface area contributed by atoms with Crippen LogP contribution in [0.2, 0.25) is 0 Å². The lowest BCUT2D eigenvalue weighted by Gasteiger charge is -2.11. The van der Waals surface area contributed by atoms with Crippen molar-refractivity contribution in [2.45, 2.75) is 19.6 Å². The predicted molar refractivity (Wildman–Crippen MR) is 76.3 cm³/mol. The van der Waals surface area contributed by atoms with Crippen LogP contribution in [0.15, 0.2) is 36.4 Å². The molecule has 0 aromatic heterocycles. The number of nitrogens with two attached hydrogens (primary N) is 1. The second-order valence-electron chi connectivity index (χ2n) is 4.74. The highest BCUT2D eigenvalue weighted by Crippen LogP contribution is 2.23. The molecule has 0 unspecified atom stereocenters. The van der Waals surface area contributed by atoms with Gasteiger partial charge < -0.3 is 15.2 Å². The summed E-state index contributed by atoms with van der Waals surface area (Å²) in [6.45, 7) is 1.84. The molecular formula is C16H17F2NO2. The summed E-state index contributed by atoms with van der Waals surface area (Å²) in [7, 11) is 1.39. The Morgan fingerprint density at radius 1 is 1.05 bits per heavy atom. The number of methoxy groups -OCH3 is 1. The summed E-state index contributed by atoms with van der Waals surface area (Å²) in [5.41, 5.74) is 6.96. The minimum Gasteiger partial charge on any atom is -0.494 e. The largest absolute Gasteiger partial charge is 0.494 e. The summed E-state index contributed by atoms with van der Waals surface area (Å²) >= 11 is 0. The minimum atomic E-state index is -0.487. The summed E-state index contributed by atoms with van der Waals surface area (Å²) in [6.07, 6.45) is 0. The molecule has 3 nitrogen and oxygen atoms in total. The van der Waals surface area contributed by atoms with Crippen molar-refractivity contribution in [3.63, 3.8) is 0 Å². The fourth-order valence-electron chi connectivity index (χ4n) is 1.88. The van der Waals surface area contributed by atoms with Crippen LogP contribution in [-0.4, -0.2) is 7.11 Å². The van der Waals surface area contributed by atoms with E-state index in [4.69, 9.17) is 15.2 Å². The molecule has 1 atom stereocenters. The first-order valence-electron chi connectivity index (χ1n) is 6.51. The Balaban J connectivity index is 2.08. The highest BCUT2D eigenvalue weighted by molar-refractivity contribution is 5.32. The van der Waals surface area contributed by atoms with Crippen LogP contribution in [-0.2, 0) is 6.61 Å². The number of benzene rings is 2. The predicted octanol–water partition coefficient (Wildman–Crippen LogP) is 3.57. The van der Waals surface area contributed by atoms with Crippen LogP contribution in [0.4, 0.5) is 8.78 Å². The Morgan fingerprint density at radius 2 is 1.71 bits per heavy atom. The van der Waals surface area contributed by atoms with E-state index in [1.165, 1.54) is 31.4 Å². The van der Waals surface area contributed by atoms with Gasteiger partial charge in [0.15, 0.2) is 23.1 Å². The molecule has 2 aromatic carbocycles. The fraction of sp³-hybridized carbons (Fsp3) is 0.250. The monoisotopic (exact) mass is 293 g/mol. The zero-order valence-corrected chi connectivity index (χ0v) is 11.9. The van der Waals surface area contributed by atoms with Crippen molar-refractivity contribution < 1.29 is 18.3 Å². The van der Waals surface area contributed by atoms with E-state index in [-0.39, 0.29) is 24.1 Å². The lowest BCUT2D eigenvalue weighted by molar-refractivity contribution is 0.289. The molecule has 5 heteroatoms. The average molecular weight is 293 g/mol. The van der Waals surface area contributed by atoms with Crippen molar-refractivity contribution >= 4 is 0 Å². The van der Waals surface area contributed by atoms with E-state index in [0.29, 0.717) is 11.1 Å². The second kappa shape index (κ2) is 6.54. The van der Waals surface area contributed by atoms with E-state index in [9.17, 15) is 8.78 Å². The standard InChI is InChI=1S/C16H17F2NO2/c1-10(19)12-4-6-16(14(18)8-12)21-9-11-3-5-15(20-2)13(17)7-11/h3-8,10H,9,19H2,1-2H3/t10-/m0/s1. The fourth-order valence-corrected chi connectivity index (χ4v) is 1.88. The molecule has 0 radical (unpaired) electrons. The number of ether oxygens (including phenoxy) is 2. The first-order chi connectivity index (χ1) is 10.0. The Bertz CT molecular complexity index is 630. The van der Waals surface area contributed by atoms with Crippen molar-refractivity contribution in [3.05, 3.63) is 59.2 Å². The van der Waals surface area contributed by atoms with E-state index in [1.54, 1.807) is 19.1 Å². The first-order valence-corrected chi connectivity index (χ1v) is 6.51. The molecular weight excluding hydrogens is 276 g/mol. The summed E-state index contributed by atoms with van der Waals surface area (Å²) in [5.74, 6) is -0.702. The zero-order valence-electron chi connectivity index (χ0n) is 11.9. The molecule has 0 saturated carbocycles. The molecule has 2 rings (SSSR count). The van der Waals surface area contributed by atoms with Gasteiger partial charge in [0.1, 0.15) is 6.61 Å². The lowest BCUT2D eigenvalue weighted by Crippen LogP contribution is -2.06. The second-order valence-corrected chi connectivity index (χ2v) is 4.74. The zero-order chi connectivity index (χ0) is 15.4. The molecule has 0 aliphatic rings. The van der Waals surface area contributed by atoms with Gasteiger partial charge in [-0.1, -0.05) is 12.1 Å². The molecule has 0 amide bonds. The van der Waals surface area contributed by atoms with Gasteiger partial charge in [-0.15, -0.1) is 0 Å². The third kappa shape index (κ3) is 3.70. The van der Waals surface area contributed by atoms with Crippen molar-refractivity contribution in [2.75, 3.05) is 7.11 Å². The van der Waals surface area contributed by atoms with E-state index in [1.807, 2.05) is 0 Å². The van der Waals surface area contributed by atoms with Crippen molar-refractivity contribution in [2.24, 2.45) is 5.73 Å². The van der Waals surface area contributed by atoms with Crippen LogP contribution in [0.5, 0.6) is 11.5 Å². The van der Waals surface area contributed by atoms with Gasteiger partial charge >= 0.3 is 0 Å². The smallest absolute Gasteiger partial charge is 0.165 e. The van der Waals surface area contributed by atoms with Crippen molar-refractivity contribution in [1.82, 2.24) is 0 Å². The van der Waals surface area contributed by atoms with Crippen LogP contribution >= 0.6 is 0 Å². The maximum Gasteiger partial charge on any atom is 0.165 e. The SMILES string of the molecule is COc1ccc(COc2ccc([C@H](C)N)cc2F)cc1F. The normalized spacial score (nSPS) is 12.0. The van der Waals surface area contributed by atoms with Crippen LogP contribution in [0, 0.1) is 11.6 Å². The maximum absolute atomic E-state index is 13.8. The van der Waals surface area contributed by atoms with Gasteiger partial charge in [0, 0.05) is 6.04 Å². The van der Waals surface area contributed by atoms with Gasteiger partial charge in [0.2, 0.25) is 0 Å².